The van der Waals surface area contributed by atoms with Crippen molar-refractivity contribution in [2.45, 2.75) is 42.0 Å². The highest BCUT2D eigenvalue weighted by Gasteiger charge is 2.62. The number of hydrogen-bond acceptors (Lipinski definition) is 10. The summed E-state index contributed by atoms with van der Waals surface area (Å²) in [7, 11) is -3.42. The first-order valence-electron chi connectivity index (χ1n) is 6.71. The number of carbonyl (C=O) groups excluding carboxylic acids is 1. The lowest BCUT2D eigenvalue weighted by Gasteiger charge is -2.48. The second-order valence-electron chi connectivity index (χ2n) is 5.27. The lowest BCUT2D eigenvalue weighted by Crippen LogP contribution is -2.70. The summed E-state index contributed by atoms with van der Waals surface area (Å²) in [4.78, 5) is 11.2. The molecule has 7 N–H and O–H groups in total. The first-order chi connectivity index (χ1) is 10.6. The normalized spacial score (nSPS) is 40.2. The Labute approximate surface area is 132 Å². The van der Waals surface area contributed by atoms with Crippen LogP contribution in [0.2, 0.25) is 0 Å². The average molecular weight is 356 g/mol. The van der Waals surface area contributed by atoms with Gasteiger partial charge in [-0.3, -0.25) is 0 Å². The molecule has 0 aliphatic heterocycles. The van der Waals surface area contributed by atoms with E-state index in [9.17, 15) is 40.0 Å². The quantitative estimate of drug-likeness (QED) is 0.141. The van der Waals surface area contributed by atoms with Crippen LogP contribution in [0.1, 0.15) is 0 Å². The molecule has 0 amide bonds. The molecule has 23 heavy (non-hydrogen) atoms. The van der Waals surface area contributed by atoms with Crippen LogP contribution in [0.5, 0.6) is 0 Å². The van der Waals surface area contributed by atoms with Gasteiger partial charge in [-0.25, -0.2) is 4.79 Å². The maximum absolute atomic E-state index is 12.3. The molecule has 0 radical (unpaired) electrons. The molecule has 0 aromatic carbocycles. The third-order valence-electron chi connectivity index (χ3n) is 3.72. The monoisotopic (exact) mass is 356 g/mol. The number of aliphatic hydroxyl groups excluding tert-OH is 6. The van der Waals surface area contributed by atoms with E-state index in [1.165, 1.54) is 0 Å². The number of rotatable bonds is 6. The molecule has 1 aliphatic carbocycles. The number of hydrogen-bond donors (Lipinski definition) is 7. The van der Waals surface area contributed by atoms with Gasteiger partial charge < -0.3 is 45.0 Å². The van der Waals surface area contributed by atoms with E-state index in [-0.39, 0.29) is 0 Å². The van der Waals surface area contributed by atoms with E-state index in [0.29, 0.717) is 6.08 Å². The highest BCUT2D eigenvalue weighted by Crippen LogP contribution is 2.48. The zero-order chi connectivity index (χ0) is 17.9. The molecule has 1 aliphatic rings. The van der Waals surface area contributed by atoms with Gasteiger partial charge in [0.05, 0.1) is 12.7 Å². The van der Waals surface area contributed by atoms with Crippen molar-refractivity contribution in [2.75, 3.05) is 12.8 Å². The van der Waals surface area contributed by atoms with Gasteiger partial charge in [-0.05, 0) is 0 Å². The average Bonchev–Trinajstić information content (AvgIpc) is 2.54. The van der Waals surface area contributed by atoms with Crippen LogP contribution in [0.4, 0.5) is 0 Å². The molecule has 8 atom stereocenters. The van der Waals surface area contributed by atoms with Crippen molar-refractivity contribution >= 4 is 13.8 Å². The SMILES string of the molecule is C=CC(=O)OC1C(O)C(O)C(O)C(O)([PH](=O)CC(O)CO)C1O. The minimum Gasteiger partial charge on any atom is -0.453 e. The Morgan fingerprint density at radius 3 is 2.30 bits per heavy atom. The topological polar surface area (TPSA) is 185 Å². The van der Waals surface area contributed by atoms with Crippen molar-refractivity contribution in [3.63, 3.8) is 0 Å². The maximum atomic E-state index is 12.3. The molecule has 10 nitrogen and oxygen atoms in total. The molecule has 1 saturated carbocycles. The van der Waals surface area contributed by atoms with Gasteiger partial charge in [0.15, 0.2) is 11.4 Å². The smallest absolute Gasteiger partial charge is 0.330 e. The van der Waals surface area contributed by atoms with Gasteiger partial charge in [0.25, 0.3) is 0 Å². The Kier molecular flexibility index (Phi) is 6.87. The molecule has 1 rings (SSSR count). The zero-order valence-corrected chi connectivity index (χ0v) is 13.0. The predicted octanol–water partition coefficient (Wildman–Crippen LogP) is -3.86. The van der Waals surface area contributed by atoms with E-state index in [0.717, 1.165) is 0 Å². The molecule has 0 aromatic rings. The lowest BCUT2D eigenvalue weighted by molar-refractivity contribution is -0.244. The maximum Gasteiger partial charge on any atom is 0.330 e. The van der Waals surface area contributed by atoms with Gasteiger partial charge in [-0.2, -0.15) is 0 Å². The molecule has 8 unspecified atom stereocenters. The predicted molar refractivity (Wildman–Crippen MR) is 76.0 cm³/mol. The van der Waals surface area contributed by atoms with Crippen molar-refractivity contribution in [3.8, 4) is 0 Å². The molecule has 11 heteroatoms. The van der Waals surface area contributed by atoms with E-state index in [2.05, 4.69) is 11.3 Å². The second-order valence-corrected chi connectivity index (χ2v) is 7.32. The summed E-state index contributed by atoms with van der Waals surface area (Å²) < 4.78 is 16.9. The second kappa shape index (κ2) is 7.82. The third kappa shape index (κ3) is 3.81. The summed E-state index contributed by atoms with van der Waals surface area (Å²) in [5, 5.41) is 65.2. The fraction of sp³-hybridized carbons (Fsp3) is 0.750. The first-order valence-corrected chi connectivity index (χ1v) is 8.32. The summed E-state index contributed by atoms with van der Waals surface area (Å²) in [5.74, 6) is -1.09. The van der Waals surface area contributed by atoms with Gasteiger partial charge in [0.1, 0.15) is 32.2 Å². The van der Waals surface area contributed by atoms with Gasteiger partial charge in [-0.1, -0.05) is 6.58 Å². The molecular weight excluding hydrogens is 335 g/mol. The van der Waals surface area contributed by atoms with Crippen LogP contribution in [0, 0.1) is 0 Å². The van der Waals surface area contributed by atoms with Crippen molar-refractivity contribution in [2.24, 2.45) is 0 Å². The fourth-order valence-corrected chi connectivity index (χ4v) is 4.22. The highest BCUT2D eigenvalue weighted by molar-refractivity contribution is 7.46. The van der Waals surface area contributed by atoms with Crippen molar-refractivity contribution in [3.05, 3.63) is 12.7 Å². The fourth-order valence-electron chi connectivity index (χ4n) is 2.34. The molecule has 134 valence electrons. The minimum atomic E-state index is -3.42. The Morgan fingerprint density at radius 2 is 1.83 bits per heavy atom. The summed E-state index contributed by atoms with van der Waals surface area (Å²) in [6.45, 7) is 2.32. The van der Waals surface area contributed by atoms with E-state index >= 15 is 0 Å². The van der Waals surface area contributed by atoms with E-state index in [1.807, 2.05) is 0 Å². The molecule has 0 spiro atoms. The van der Waals surface area contributed by atoms with Crippen LogP contribution in [0.15, 0.2) is 12.7 Å². The summed E-state index contributed by atoms with van der Waals surface area (Å²) in [6, 6.07) is 0. The Balaban J connectivity index is 3.15. The van der Waals surface area contributed by atoms with Crippen LogP contribution in [-0.2, 0) is 14.1 Å². The number of carbonyl (C=O) groups is 1. The largest absolute Gasteiger partial charge is 0.453 e. The first kappa shape index (κ1) is 20.2. The molecule has 1 fully saturated rings. The van der Waals surface area contributed by atoms with Crippen LogP contribution < -0.4 is 0 Å². The highest BCUT2D eigenvalue weighted by atomic mass is 31.1. The Morgan fingerprint density at radius 1 is 1.26 bits per heavy atom. The Hall–Kier alpha value is -0.840. The van der Waals surface area contributed by atoms with Crippen LogP contribution >= 0.6 is 7.80 Å². The van der Waals surface area contributed by atoms with Gasteiger partial charge in [0.2, 0.25) is 0 Å². The molecule has 0 saturated heterocycles. The van der Waals surface area contributed by atoms with Crippen LogP contribution in [-0.4, -0.2) is 96.4 Å². The lowest BCUT2D eigenvalue weighted by atomic mass is 9.84. The number of ether oxygens (including phenoxy) is 1. The number of esters is 1. The molecule has 0 aromatic heterocycles. The molecule has 0 heterocycles. The third-order valence-corrected chi connectivity index (χ3v) is 6.05. The minimum absolute atomic E-state index is 0.670. The van der Waals surface area contributed by atoms with Crippen LogP contribution in [0.25, 0.3) is 0 Å². The molecular formula is C12H21O10P. The van der Waals surface area contributed by atoms with Crippen molar-refractivity contribution < 1.29 is 49.8 Å². The standard InChI is InChI=1S/C12H21O10P/c1-2-6(15)22-9-7(16)8(17)10(18)12(20,11(9)19)23(21)4-5(14)3-13/h2,5,7-11,13-14,16-20,23H,1,3-4H2. The van der Waals surface area contributed by atoms with E-state index in [1.54, 1.807) is 0 Å². The summed E-state index contributed by atoms with van der Waals surface area (Å²) in [5.41, 5.74) is 0. The van der Waals surface area contributed by atoms with Gasteiger partial charge >= 0.3 is 5.97 Å². The number of aliphatic hydroxyl groups is 7. The van der Waals surface area contributed by atoms with Crippen LogP contribution in [0.3, 0.4) is 0 Å². The Bertz CT molecular complexity index is 471. The van der Waals surface area contributed by atoms with Gasteiger partial charge in [-0.15, -0.1) is 0 Å². The van der Waals surface area contributed by atoms with Crippen molar-refractivity contribution in [1.29, 1.82) is 0 Å². The molecule has 0 bridgehead atoms. The summed E-state index contributed by atoms with van der Waals surface area (Å²) in [6.07, 6.45) is -11.8. The van der Waals surface area contributed by atoms with Gasteiger partial charge in [0, 0.05) is 12.2 Å². The van der Waals surface area contributed by atoms with Crippen molar-refractivity contribution in [1.82, 2.24) is 0 Å². The summed E-state index contributed by atoms with van der Waals surface area (Å²) >= 11 is 0. The van der Waals surface area contributed by atoms with E-state index < -0.39 is 68.5 Å². The van der Waals surface area contributed by atoms with E-state index in [4.69, 9.17) is 5.11 Å². The zero-order valence-electron chi connectivity index (χ0n) is 12.0.